The van der Waals surface area contributed by atoms with Gasteiger partial charge in [0.05, 0.1) is 6.20 Å². The summed E-state index contributed by atoms with van der Waals surface area (Å²) in [6.07, 6.45) is 2.41. The predicted octanol–water partition coefficient (Wildman–Crippen LogP) is 0.642. The first-order valence-corrected chi connectivity index (χ1v) is 5.94. The minimum absolute atomic E-state index is 0.0546. The number of aryl methyl sites for hydroxylation is 1. The van der Waals surface area contributed by atoms with Crippen molar-refractivity contribution >= 4 is 21.7 Å². The van der Waals surface area contributed by atoms with Crippen molar-refractivity contribution in [2.24, 2.45) is 0 Å². The molecule has 2 aromatic heterocycles. The van der Waals surface area contributed by atoms with Gasteiger partial charge in [0.15, 0.2) is 11.5 Å². The summed E-state index contributed by atoms with van der Waals surface area (Å²) in [7, 11) is 0. The van der Waals surface area contributed by atoms with Crippen LogP contribution in [0, 0.1) is 0 Å². The number of aliphatic hydroxyl groups excluding tert-OH is 1. The van der Waals surface area contributed by atoms with Crippen molar-refractivity contribution in [3.63, 3.8) is 0 Å². The fraction of sp³-hybridized carbons (Fsp3) is 0.400. The number of nitrogens with zero attached hydrogens (tertiary/aromatic N) is 2. The highest BCUT2D eigenvalue weighted by Gasteiger charge is 2.15. The van der Waals surface area contributed by atoms with Crippen molar-refractivity contribution in [2.75, 3.05) is 6.61 Å². The van der Waals surface area contributed by atoms with Crippen LogP contribution in [0.5, 0.6) is 11.5 Å². The molecule has 0 saturated carbocycles. The lowest BCUT2D eigenvalue weighted by molar-refractivity contribution is 0.282. The lowest BCUT2D eigenvalue weighted by atomic mass is 10.3. The van der Waals surface area contributed by atoms with E-state index in [1.54, 1.807) is 0 Å². The Bertz CT molecular complexity index is 590. The number of aromatic nitrogens is 2. The zero-order valence-corrected chi connectivity index (χ0v) is 9.77. The molecule has 0 radical (unpaired) electrons. The third-order valence-electron chi connectivity index (χ3n) is 2.40. The van der Waals surface area contributed by atoms with E-state index in [1.807, 2.05) is 0 Å². The van der Waals surface area contributed by atoms with E-state index in [4.69, 9.17) is 5.11 Å². The Hall–Kier alpha value is -1.60. The Morgan fingerprint density at radius 1 is 1.35 bits per heavy atom. The van der Waals surface area contributed by atoms with Gasteiger partial charge in [0.2, 0.25) is 0 Å². The highest BCUT2D eigenvalue weighted by atomic mass is 32.1. The molecule has 7 heteroatoms. The summed E-state index contributed by atoms with van der Waals surface area (Å²) in [5.41, 5.74) is -0.358. The van der Waals surface area contributed by atoms with E-state index in [-0.39, 0.29) is 17.6 Å². The number of aromatic hydroxyl groups is 2. The molecular formula is C10H12N2O4S. The van der Waals surface area contributed by atoms with Crippen LogP contribution < -0.4 is 5.56 Å². The normalized spacial score (nSPS) is 11.1. The monoisotopic (exact) mass is 256 g/mol. The second-order valence-corrected chi connectivity index (χ2v) is 4.61. The summed E-state index contributed by atoms with van der Waals surface area (Å²) in [4.78, 5) is 16.2. The Labute approximate surface area is 101 Å². The summed E-state index contributed by atoms with van der Waals surface area (Å²) >= 11 is 1.14. The molecule has 3 N–H and O–H groups in total. The van der Waals surface area contributed by atoms with Gasteiger partial charge in [-0.1, -0.05) is 0 Å². The van der Waals surface area contributed by atoms with Crippen LogP contribution in [0.4, 0.5) is 0 Å². The zero-order valence-electron chi connectivity index (χ0n) is 8.96. The van der Waals surface area contributed by atoms with Crippen LogP contribution in [0.3, 0.4) is 0 Å². The van der Waals surface area contributed by atoms with Crippen LogP contribution >= 0.6 is 11.5 Å². The number of rotatable bonds is 4. The molecule has 0 aliphatic carbocycles. The minimum atomic E-state index is -0.419. The second kappa shape index (κ2) is 4.72. The predicted molar refractivity (Wildman–Crippen MR) is 63.5 cm³/mol. The Morgan fingerprint density at radius 2 is 2.12 bits per heavy atom. The van der Waals surface area contributed by atoms with Gasteiger partial charge >= 0.3 is 0 Å². The van der Waals surface area contributed by atoms with Crippen LogP contribution in [0.1, 0.15) is 12.8 Å². The van der Waals surface area contributed by atoms with Crippen molar-refractivity contribution in [2.45, 2.75) is 19.4 Å². The molecule has 0 amide bonds. The topological polar surface area (TPSA) is 95.6 Å². The van der Waals surface area contributed by atoms with Crippen LogP contribution in [0.2, 0.25) is 0 Å². The Kier molecular flexibility index (Phi) is 3.30. The van der Waals surface area contributed by atoms with Gasteiger partial charge in [0, 0.05) is 13.2 Å². The molecule has 92 valence electrons. The number of aliphatic hydroxyl groups is 1. The second-order valence-electron chi connectivity index (χ2n) is 3.60. The van der Waals surface area contributed by atoms with Crippen LogP contribution in [-0.2, 0) is 6.54 Å². The third-order valence-corrected chi connectivity index (χ3v) is 3.45. The smallest absolute Gasteiger partial charge is 0.274 e. The SMILES string of the molecule is O=c1c2c(O)c(O)cnc2sn1CCCCO. The maximum Gasteiger partial charge on any atom is 0.274 e. The zero-order chi connectivity index (χ0) is 12.4. The fourth-order valence-corrected chi connectivity index (χ4v) is 2.50. The van der Waals surface area contributed by atoms with Crippen molar-refractivity contribution < 1.29 is 15.3 Å². The third kappa shape index (κ3) is 2.11. The van der Waals surface area contributed by atoms with E-state index in [0.717, 1.165) is 17.7 Å². The first kappa shape index (κ1) is 11.9. The lowest BCUT2D eigenvalue weighted by Crippen LogP contribution is -2.13. The Morgan fingerprint density at radius 3 is 2.82 bits per heavy atom. The number of unbranched alkanes of at least 4 members (excludes halogenated alkanes) is 1. The molecule has 0 bridgehead atoms. The average Bonchev–Trinajstić information content (AvgIpc) is 2.63. The van der Waals surface area contributed by atoms with Crippen LogP contribution in [0.15, 0.2) is 11.0 Å². The molecule has 2 rings (SSSR count). The van der Waals surface area contributed by atoms with Gasteiger partial charge in [-0.3, -0.25) is 8.75 Å². The molecule has 0 atom stereocenters. The van der Waals surface area contributed by atoms with Crippen molar-refractivity contribution in [1.82, 2.24) is 8.94 Å². The van der Waals surface area contributed by atoms with Crippen molar-refractivity contribution in [1.29, 1.82) is 0 Å². The lowest BCUT2D eigenvalue weighted by Gasteiger charge is -1.97. The summed E-state index contributed by atoms with van der Waals surface area (Å²) in [6.45, 7) is 0.560. The highest BCUT2D eigenvalue weighted by molar-refractivity contribution is 7.13. The first-order valence-electron chi connectivity index (χ1n) is 5.16. The highest BCUT2D eigenvalue weighted by Crippen LogP contribution is 2.31. The van der Waals surface area contributed by atoms with Gasteiger partial charge in [0.1, 0.15) is 10.2 Å². The van der Waals surface area contributed by atoms with E-state index >= 15 is 0 Å². The van der Waals surface area contributed by atoms with Gasteiger partial charge in [0.25, 0.3) is 5.56 Å². The number of fused-ring (bicyclic) bond motifs is 1. The molecular weight excluding hydrogens is 244 g/mol. The molecule has 0 spiro atoms. The number of hydrogen-bond acceptors (Lipinski definition) is 6. The number of hydrogen-bond donors (Lipinski definition) is 3. The minimum Gasteiger partial charge on any atom is -0.504 e. The molecule has 0 aromatic carbocycles. The quantitative estimate of drug-likeness (QED) is 0.698. The van der Waals surface area contributed by atoms with E-state index < -0.39 is 11.5 Å². The largest absolute Gasteiger partial charge is 0.504 e. The van der Waals surface area contributed by atoms with Crippen molar-refractivity contribution in [3.8, 4) is 11.5 Å². The molecule has 0 aliphatic heterocycles. The van der Waals surface area contributed by atoms with E-state index in [2.05, 4.69) is 4.98 Å². The van der Waals surface area contributed by atoms with Crippen molar-refractivity contribution in [3.05, 3.63) is 16.6 Å². The van der Waals surface area contributed by atoms with E-state index in [0.29, 0.717) is 24.2 Å². The molecule has 0 saturated heterocycles. The summed E-state index contributed by atoms with van der Waals surface area (Å²) < 4.78 is 1.46. The summed E-state index contributed by atoms with van der Waals surface area (Å²) in [5, 5.41) is 27.6. The summed E-state index contributed by atoms with van der Waals surface area (Å²) in [6, 6.07) is 0. The van der Waals surface area contributed by atoms with Crippen LogP contribution in [0.25, 0.3) is 10.2 Å². The fourth-order valence-electron chi connectivity index (χ4n) is 1.52. The maximum absolute atomic E-state index is 11.9. The molecule has 2 aromatic rings. The molecule has 0 fully saturated rings. The van der Waals surface area contributed by atoms with Gasteiger partial charge in [-0.25, -0.2) is 4.98 Å². The van der Waals surface area contributed by atoms with Gasteiger partial charge in [-0.15, -0.1) is 0 Å². The molecule has 2 heterocycles. The van der Waals surface area contributed by atoms with Gasteiger partial charge in [-0.05, 0) is 24.4 Å². The van der Waals surface area contributed by atoms with E-state index in [1.165, 1.54) is 3.96 Å². The maximum atomic E-state index is 11.9. The van der Waals surface area contributed by atoms with Crippen LogP contribution in [-0.4, -0.2) is 30.9 Å². The average molecular weight is 256 g/mol. The molecule has 6 nitrogen and oxygen atoms in total. The summed E-state index contributed by atoms with van der Waals surface area (Å²) in [5.74, 6) is -0.813. The first-order chi connectivity index (χ1) is 8.15. The van der Waals surface area contributed by atoms with Gasteiger partial charge < -0.3 is 15.3 Å². The Balaban J connectivity index is 2.43. The van der Waals surface area contributed by atoms with E-state index in [9.17, 15) is 15.0 Å². The molecule has 0 unspecified atom stereocenters. The standard InChI is InChI=1S/C10H12N2O4S/c13-4-2-1-3-12-10(16)7-8(15)6(14)5-11-9(7)17-12/h5,13-14H,1-4H2,(H,11,15). The number of pyridine rings is 1. The molecule has 17 heavy (non-hydrogen) atoms. The molecule has 0 aliphatic rings. The van der Waals surface area contributed by atoms with Gasteiger partial charge in [-0.2, -0.15) is 0 Å².